The van der Waals surface area contributed by atoms with Crippen LogP contribution in [0.25, 0.3) is 0 Å². The third kappa shape index (κ3) is 5.18. The van der Waals surface area contributed by atoms with Gasteiger partial charge in [-0.15, -0.1) is 5.10 Å². The molecule has 188 valence electrons. The van der Waals surface area contributed by atoms with E-state index >= 15 is 0 Å². The second kappa shape index (κ2) is 10.6. The minimum Gasteiger partial charge on any atom is -0.365 e. The summed E-state index contributed by atoms with van der Waals surface area (Å²) in [4.78, 5) is 27.7. The zero-order valence-corrected chi connectivity index (χ0v) is 20.9. The van der Waals surface area contributed by atoms with E-state index < -0.39 is 0 Å². The molecule has 0 unspecified atom stereocenters. The fraction of sp³-hybridized carbons (Fsp3) is 0.429. The summed E-state index contributed by atoms with van der Waals surface area (Å²) in [6, 6.07) is 18.5. The van der Waals surface area contributed by atoms with E-state index in [1.54, 1.807) is 9.58 Å². The highest BCUT2D eigenvalue weighted by Gasteiger charge is 2.33. The highest BCUT2D eigenvalue weighted by Crippen LogP contribution is 2.28. The number of nitrogens with one attached hydrogen (secondary N) is 1. The van der Waals surface area contributed by atoms with Crippen molar-refractivity contribution >= 4 is 11.8 Å². The summed E-state index contributed by atoms with van der Waals surface area (Å²) in [5.41, 5.74) is 4.58. The fourth-order valence-electron chi connectivity index (χ4n) is 4.95. The second-order valence-corrected chi connectivity index (χ2v) is 9.90. The number of hydrogen-bond donors (Lipinski definition) is 1. The monoisotopic (exact) mass is 487 g/mol. The quantitative estimate of drug-likeness (QED) is 0.574. The number of ether oxygens (including phenoxy) is 1. The summed E-state index contributed by atoms with van der Waals surface area (Å²) in [5, 5.41) is 11.6. The van der Waals surface area contributed by atoms with Crippen molar-refractivity contribution < 1.29 is 14.3 Å². The van der Waals surface area contributed by atoms with Gasteiger partial charge in [0.2, 0.25) is 5.91 Å². The molecule has 36 heavy (non-hydrogen) atoms. The van der Waals surface area contributed by atoms with Gasteiger partial charge in [-0.25, -0.2) is 4.68 Å². The molecule has 2 aliphatic rings. The Kier molecular flexibility index (Phi) is 7.13. The predicted octanol–water partition coefficient (Wildman–Crippen LogP) is 3.63. The van der Waals surface area contributed by atoms with Gasteiger partial charge >= 0.3 is 0 Å². The molecule has 2 aliphatic heterocycles. The van der Waals surface area contributed by atoms with E-state index in [1.807, 2.05) is 18.2 Å². The van der Waals surface area contributed by atoms with Gasteiger partial charge in [-0.1, -0.05) is 72.3 Å². The van der Waals surface area contributed by atoms with Crippen molar-refractivity contribution in [1.82, 2.24) is 25.2 Å². The van der Waals surface area contributed by atoms with Crippen molar-refractivity contribution in [2.24, 2.45) is 5.92 Å². The van der Waals surface area contributed by atoms with Crippen LogP contribution in [-0.4, -0.2) is 51.3 Å². The summed E-state index contributed by atoms with van der Waals surface area (Å²) in [7, 11) is 0. The van der Waals surface area contributed by atoms with Crippen LogP contribution in [0, 0.1) is 12.8 Å². The molecular formula is C28H33N5O3. The number of benzene rings is 2. The molecule has 8 nitrogen and oxygen atoms in total. The van der Waals surface area contributed by atoms with Crippen molar-refractivity contribution in [3.63, 3.8) is 0 Å². The summed E-state index contributed by atoms with van der Waals surface area (Å²) in [6.45, 7) is 6.67. The molecule has 0 bridgehead atoms. The first-order valence-corrected chi connectivity index (χ1v) is 12.7. The van der Waals surface area contributed by atoms with Gasteiger partial charge in [0.1, 0.15) is 6.10 Å². The van der Waals surface area contributed by atoms with Crippen LogP contribution in [0.5, 0.6) is 0 Å². The Hall–Kier alpha value is -3.52. The van der Waals surface area contributed by atoms with Gasteiger partial charge < -0.3 is 15.0 Å². The van der Waals surface area contributed by atoms with Crippen molar-refractivity contribution in [3.8, 4) is 0 Å². The van der Waals surface area contributed by atoms with Crippen molar-refractivity contribution in [3.05, 3.63) is 82.7 Å². The van der Waals surface area contributed by atoms with Gasteiger partial charge in [0, 0.05) is 25.6 Å². The smallest absolute Gasteiger partial charge is 0.276 e. The lowest BCUT2D eigenvalue weighted by molar-refractivity contribution is -0.126. The number of piperidine rings is 1. The highest BCUT2D eigenvalue weighted by atomic mass is 16.5. The number of amides is 2. The maximum atomic E-state index is 13.2. The molecule has 0 spiro atoms. The van der Waals surface area contributed by atoms with Crippen molar-refractivity contribution in [1.29, 1.82) is 0 Å². The van der Waals surface area contributed by atoms with Crippen molar-refractivity contribution in [2.75, 3.05) is 19.6 Å². The van der Waals surface area contributed by atoms with Crippen LogP contribution in [0.4, 0.5) is 0 Å². The molecular weight excluding hydrogens is 454 g/mol. The maximum absolute atomic E-state index is 13.2. The zero-order valence-electron chi connectivity index (χ0n) is 20.9. The molecule has 2 atom stereocenters. The van der Waals surface area contributed by atoms with Crippen LogP contribution in [0.3, 0.4) is 0 Å². The molecule has 0 aliphatic carbocycles. The fourth-order valence-corrected chi connectivity index (χ4v) is 4.95. The van der Waals surface area contributed by atoms with Gasteiger partial charge in [-0.05, 0) is 36.8 Å². The molecule has 3 heterocycles. The van der Waals surface area contributed by atoms with Crippen LogP contribution >= 0.6 is 0 Å². The Bertz CT molecular complexity index is 1200. The first-order valence-electron chi connectivity index (χ1n) is 12.7. The number of nitrogens with zero attached hydrogens (tertiary/aromatic N) is 4. The lowest BCUT2D eigenvalue weighted by Crippen LogP contribution is -2.44. The van der Waals surface area contributed by atoms with Crippen LogP contribution in [0.2, 0.25) is 0 Å². The molecule has 0 saturated carbocycles. The number of likely N-dealkylation sites (tertiary alicyclic amines) is 1. The van der Waals surface area contributed by atoms with Gasteiger partial charge in [0.15, 0.2) is 5.69 Å². The molecule has 5 rings (SSSR count). The van der Waals surface area contributed by atoms with E-state index in [9.17, 15) is 9.59 Å². The van der Waals surface area contributed by atoms with Crippen LogP contribution < -0.4 is 5.32 Å². The number of aryl methyl sites for hydroxylation is 1. The molecule has 1 fully saturated rings. The van der Waals surface area contributed by atoms with Crippen LogP contribution in [0.15, 0.2) is 54.6 Å². The van der Waals surface area contributed by atoms with E-state index in [1.165, 1.54) is 11.1 Å². The van der Waals surface area contributed by atoms with E-state index in [-0.39, 0.29) is 29.8 Å². The number of rotatable bonds is 6. The Morgan fingerprint density at radius 3 is 2.53 bits per heavy atom. The maximum Gasteiger partial charge on any atom is 0.276 e. The average molecular weight is 488 g/mol. The van der Waals surface area contributed by atoms with Crippen LogP contribution in [0.1, 0.15) is 64.7 Å². The Labute approximate surface area is 211 Å². The molecule has 1 saturated heterocycles. The lowest BCUT2D eigenvalue weighted by Gasteiger charge is -2.31. The Balaban J connectivity index is 1.13. The first-order chi connectivity index (χ1) is 17.5. The minimum atomic E-state index is -0.134. The standard InChI is InChI=1S/C28H33N5O3/c1-19-8-10-22(11-9-19)25-17-33-24(18-36-25)26(30-31-33)28(35)32-14-12-23(13-15-32)27(34)29-16-20(2)21-6-4-3-5-7-21/h3-11,20,23,25H,12-18H2,1-2H3,(H,29,34)/t20-,25+/m1/s1. The lowest BCUT2D eigenvalue weighted by atomic mass is 9.95. The van der Waals surface area contributed by atoms with E-state index in [4.69, 9.17) is 4.74 Å². The Morgan fingerprint density at radius 1 is 1.08 bits per heavy atom. The molecule has 3 aromatic rings. The number of fused-ring (bicyclic) bond motifs is 1. The molecule has 8 heteroatoms. The van der Waals surface area contributed by atoms with Gasteiger partial charge in [0.05, 0.1) is 18.8 Å². The molecule has 1 aromatic heterocycles. The molecule has 1 N–H and O–H groups in total. The van der Waals surface area contributed by atoms with Crippen molar-refractivity contribution in [2.45, 2.75) is 51.9 Å². The highest BCUT2D eigenvalue weighted by molar-refractivity contribution is 5.93. The third-order valence-corrected chi connectivity index (χ3v) is 7.35. The van der Waals surface area contributed by atoms with E-state index in [0.29, 0.717) is 51.3 Å². The van der Waals surface area contributed by atoms with E-state index in [0.717, 1.165) is 11.3 Å². The average Bonchev–Trinajstić information content (AvgIpc) is 3.35. The SMILES string of the molecule is Cc1ccc([C@@H]2Cn3nnc(C(=O)N4CCC(C(=O)NC[C@@H](C)c5ccccc5)CC4)c3CO2)cc1. The Morgan fingerprint density at radius 2 is 1.81 bits per heavy atom. The largest absolute Gasteiger partial charge is 0.365 e. The number of aromatic nitrogens is 3. The zero-order chi connectivity index (χ0) is 25.1. The van der Waals surface area contributed by atoms with Crippen LogP contribution in [-0.2, 0) is 22.7 Å². The van der Waals surface area contributed by atoms with Gasteiger partial charge in [0.25, 0.3) is 5.91 Å². The van der Waals surface area contributed by atoms with Gasteiger partial charge in [-0.3, -0.25) is 9.59 Å². The molecule has 2 amide bonds. The summed E-state index contributed by atoms with van der Waals surface area (Å²) in [5.74, 6) is 0.112. The topological polar surface area (TPSA) is 89.4 Å². The minimum absolute atomic E-state index is 0.0708. The van der Waals surface area contributed by atoms with Gasteiger partial charge in [-0.2, -0.15) is 0 Å². The van der Waals surface area contributed by atoms with E-state index in [2.05, 4.69) is 65.9 Å². The third-order valence-electron chi connectivity index (χ3n) is 7.35. The normalized spacial score (nSPS) is 18.9. The second-order valence-electron chi connectivity index (χ2n) is 9.90. The number of carbonyl (C=O) groups excluding carboxylic acids is 2. The number of hydrogen-bond acceptors (Lipinski definition) is 5. The summed E-state index contributed by atoms with van der Waals surface area (Å²) >= 11 is 0. The first kappa shape index (κ1) is 24.2. The summed E-state index contributed by atoms with van der Waals surface area (Å²) in [6.07, 6.45) is 1.18. The molecule has 0 radical (unpaired) electrons. The predicted molar refractivity (Wildman–Crippen MR) is 135 cm³/mol. The summed E-state index contributed by atoms with van der Waals surface area (Å²) < 4.78 is 7.86. The number of carbonyl (C=O) groups is 2. The molecule has 2 aromatic carbocycles.